The first-order valence-corrected chi connectivity index (χ1v) is 8.56. The SMILES string of the molecule is Cl.Cn1cc([C@H]2CNC[C@@H]2C(=O)NCCNC(=O)c2ccccc2F)cn1. The van der Waals surface area contributed by atoms with E-state index in [9.17, 15) is 14.0 Å². The Morgan fingerprint density at radius 2 is 2.00 bits per heavy atom. The quantitative estimate of drug-likeness (QED) is 0.632. The molecule has 0 spiro atoms. The van der Waals surface area contributed by atoms with Crippen molar-refractivity contribution in [3.8, 4) is 0 Å². The van der Waals surface area contributed by atoms with Crippen LogP contribution < -0.4 is 16.0 Å². The first kappa shape index (κ1) is 20.9. The molecule has 2 atom stereocenters. The van der Waals surface area contributed by atoms with Gasteiger partial charge in [-0.1, -0.05) is 12.1 Å². The standard InChI is InChI=1S/C18H22FN5O2.ClH/c1-24-11-12(8-23-24)14-9-20-10-15(14)18(26)22-7-6-21-17(25)13-4-2-3-5-16(13)19;/h2-5,8,11,14-15,20H,6-7,9-10H2,1H3,(H,21,25)(H,22,26);1H/t14-,15+;/m1./s1. The molecule has 1 aromatic carbocycles. The lowest BCUT2D eigenvalue weighted by atomic mass is 9.90. The highest BCUT2D eigenvalue weighted by atomic mass is 35.5. The second kappa shape index (κ2) is 9.48. The molecule has 0 aliphatic carbocycles. The van der Waals surface area contributed by atoms with Gasteiger partial charge in [-0.3, -0.25) is 14.3 Å². The minimum atomic E-state index is -0.564. The number of rotatable bonds is 6. The number of aryl methyl sites for hydroxylation is 1. The number of benzene rings is 1. The summed E-state index contributed by atoms with van der Waals surface area (Å²) in [6.07, 6.45) is 3.71. The second-order valence-corrected chi connectivity index (χ2v) is 6.35. The molecule has 3 N–H and O–H groups in total. The van der Waals surface area contributed by atoms with Gasteiger partial charge in [0.15, 0.2) is 0 Å². The lowest BCUT2D eigenvalue weighted by molar-refractivity contribution is -0.124. The summed E-state index contributed by atoms with van der Waals surface area (Å²) in [5.74, 6) is -1.22. The molecule has 1 fully saturated rings. The molecule has 0 saturated carbocycles. The van der Waals surface area contributed by atoms with Gasteiger partial charge in [0.05, 0.1) is 17.7 Å². The van der Waals surface area contributed by atoms with Gasteiger partial charge >= 0.3 is 0 Å². The maximum absolute atomic E-state index is 13.5. The summed E-state index contributed by atoms with van der Waals surface area (Å²) in [5.41, 5.74) is 1.03. The predicted molar refractivity (Wildman–Crippen MR) is 101 cm³/mol. The van der Waals surface area contributed by atoms with E-state index in [4.69, 9.17) is 0 Å². The zero-order valence-electron chi connectivity index (χ0n) is 14.9. The van der Waals surface area contributed by atoms with Crippen LogP contribution in [-0.4, -0.2) is 47.8 Å². The van der Waals surface area contributed by atoms with E-state index in [1.807, 2.05) is 13.2 Å². The Kier molecular flexibility index (Phi) is 7.32. The number of hydrogen-bond acceptors (Lipinski definition) is 4. The van der Waals surface area contributed by atoms with Gasteiger partial charge in [0, 0.05) is 45.3 Å². The zero-order chi connectivity index (χ0) is 18.5. The smallest absolute Gasteiger partial charge is 0.254 e. The third kappa shape index (κ3) is 5.05. The highest BCUT2D eigenvalue weighted by Crippen LogP contribution is 2.27. The van der Waals surface area contributed by atoms with Gasteiger partial charge in [0.1, 0.15) is 5.82 Å². The van der Waals surface area contributed by atoms with Crippen LogP contribution in [0.5, 0.6) is 0 Å². The molecule has 0 radical (unpaired) electrons. The fourth-order valence-corrected chi connectivity index (χ4v) is 3.17. The van der Waals surface area contributed by atoms with Crippen molar-refractivity contribution < 1.29 is 14.0 Å². The molecule has 0 unspecified atom stereocenters. The van der Waals surface area contributed by atoms with Crippen molar-refractivity contribution in [3.05, 3.63) is 53.6 Å². The minimum absolute atomic E-state index is 0. The molecule has 2 aromatic rings. The van der Waals surface area contributed by atoms with E-state index in [2.05, 4.69) is 21.0 Å². The molecule has 1 aliphatic heterocycles. The molecule has 2 amide bonds. The molecule has 1 aromatic heterocycles. The first-order valence-electron chi connectivity index (χ1n) is 8.56. The molecule has 9 heteroatoms. The van der Waals surface area contributed by atoms with Gasteiger partial charge in [0.25, 0.3) is 5.91 Å². The monoisotopic (exact) mass is 395 g/mol. The Morgan fingerprint density at radius 1 is 1.26 bits per heavy atom. The van der Waals surface area contributed by atoms with Crippen LogP contribution >= 0.6 is 12.4 Å². The Hall–Kier alpha value is -2.45. The van der Waals surface area contributed by atoms with Crippen LogP contribution in [0.25, 0.3) is 0 Å². The molecule has 27 heavy (non-hydrogen) atoms. The molecule has 146 valence electrons. The van der Waals surface area contributed by atoms with Crippen LogP contribution in [0, 0.1) is 11.7 Å². The van der Waals surface area contributed by atoms with Gasteiger partial charge in [-0.05, 0) is 17.7 Å². The van der Waals surface area contributed by atoms with Crippen molar-refractivity contribution in [2.24, 2.45) is 13.0 Å². The van der Waals surface area contributed by atoms with Gasteiger partial charge in [0.2, 0.25) is 5.91 Å². The number of aromatic nitrogens is 2. The number of amides is 2. The minimum Gasteiger partial charge on any atom is -0.354 e. The zero-order valence-corrected chi connectivity index (χ0v) is 15.8. The number of halogens is 2. The molecule has 1 aliphatic rings. The van der Waals surface area contributed by atoms with Crippen molar-refractivity contribution in [1.29, 1.82) is 0 Å². The van der Waals surface area contributed by atoms with Gasteiger partial charge in [-0.2, -0.15) is 5.10 Å². The Bertz CT molecular complexity index is 798. The van der Waals surface area contributed by atoms with Crippen LogP contribution in [0.4, 0.5) is 4.39 Å². The fourth-order valence-electron chi connectivity index (χ4n) is 3.17. The highest BCUT2D eigenvalue weighted by Gasteiger charge is 2.34. The average Bonchev–Trinajstić information content (AvgIpc) is 3.27. The summed E-state index contributed by atoms with van der Waals surface area (Å²) in [6.45, 7) is 1.85. The van der Waals surface area contributed by atoms with E-state index < -0.39 is 11.7 Å². The lowest BCUT2D eigenvalue weighted by Gasteiger charge is -2.17. The molecule has 7 nitrogen and oxygen atoms in total. The first-order chi connectivity index (χ1) is 12.6. The average molecular weight is 396 g/mol. The summed E-state index contributed by atoms with van der Waals surface area (Å²) in [5, 5.41) is 12.9. The van der Waals surface area contributed by atoms with E-state index >= 15 is 0 Å². The van der Waals surface area contributed by atoms with Crippen LogP contribution in [0.3, 0.4) is 0 Å². The van der Waals surface area contributed by atoms with E-state index in [-0.39, 0.29) is 48.8 Å². The van der Waals surface area contributed by atoms with Crippen molar-refractivity contribution >= 4 is 24.2 Å². The summed E-state index contributed by atoms with van der Waals surface area (Å²) in [6, 6.07) is 5.79. The maximum Gasteiger partial charge on any atom is 0.254 e. The van der Waals surface area contributed by atoms with Crippen LogP contribution in [0.15, 0.2) is 36.7 Å². The highest BCUT2D eigenvalue weighted by molar-refractivity contribution is 5.94. The number of carbonyl (C=O) groups is 2. The molecule has 2 heterocycles. The van der Waals surface area contributed by atoms with E-state index in [1.54, 1.807) is 16.9 Å². The maximum atomic E-state index is 13.5. The number of carbonyl (C=O) groups excluding carboxylic acids is 2. The Labute approximate surface area is 163 Å². The number of nitrogens with one attached hydrogen (secondary N) is 3. The number of nitrogens with zero attached hydrogens (tertiary/aromatic N) is 2. The van der Waals surface area contributed by atoms with E-state index in [0.717, 1.165) is 12.1 Å². The summed E-state index contributed by atoms with van der Waals surface area (Å²) < 4.78 is 15.3. The largest absolute Gasteiger partial charge is 0.354 e. The van der Waals surface area contributed by atoms with E-state index in [1.165, 1.54) is 18.2 Å². The fraction of sp³-hybridized carbons (Fsp3) is 0.389. The molecule has 3 rings (SSSR count). The number of hydrogen-bond donors (Lipinski definition) is 3. The van der Waals surface area contributed by atoms with Crippen molar-refractivity contribution in [2.45, 2.75) is 5.92 Å². The molecule has 0 bridgehead atoms. The van der Waals surface area contributed by atoms with Gasteiger partial charge in [-0.15, -0.1) is 12.4 Å². The van der Waals surface area contributed by atoms with Crippen molar-refractivity contribution in [2.75, 3.05) is 26.2 Å². The molecular weight excluding hydrogens is 373 g/mol. The molecule has 1 saturated heterocycles. The Balaban J connectivity index is 0.00000261. The van der Waals surface area contributed by atoms with Crippen LogP contribution in [0.1, 0.15) is 21.8 Å². The molecular formula is C18H23ClFN5O2. The van der Waals surface area contributed by atoms with Crippen molar-refractivity contribution in [3.63, 3.8) is 0 Å². The Morgan fingerprint density at radius 3 is 2.70 bits per heavy atom. The normalized spacial score (nSPS) is 18.6. The van der Waals surface area contributed by atoms with Gasteiger partial charge < -0.3 is 16.0 Å². The predicted octanol–water partition coefficient (Wildman–Crippen LogP) is 0.830. The summed E-state index contributed by atoms with van der Waals surface area (Å²) >= 11 is 0. The van der Waals surface area contributed by atoms with E-state index in [0.29, 0.717) is 6.54 Å². The lowest BCUT2D eigenvalue weighted by Crippen LogP contribution is -2.39. The van der Waals surface area contributed by atoms with Crippen LogP contribution in [-0.2, 0) is 11.8 Å². The third-order valence-corrected chi connectivity index (χ3v) is 4.53. The second-order valence-electron chi connectivity index (χ2n) is 6.35. The van der Waals surface area contributed by atoms with Crippen LogP contribution in [0.2, 0.25) is 0 Å². The van der Waals surface area contributed by atoms with Gasteiger partial charge in [-0.25, -0.2) is 4.39 Å². The topological polar surface area (TPSA) is 88.0 Å². The third-order valence-electron chi connectivity index (χ3n) is 4.53. The summed E-state index contributed by atoms with van der Waals surface area (Å²) in [7, 11) is 1.85. The summed E-state index contributed by atoms with van der Waals surface area (Å²) in [4.78, 5) is 24.4. The van der Waals surface area contributed by atoms with Crippen molar-refractivity contribution in [1.82, 2.24) is 25.7 Å².